The lowest BCUT2D eigenvalue weighted by Crippen LogP contribution is -1.89. The van der Waals surface area contributed by atoms with E-state index in [1.54, 1.807) is 0 Å². The number of unbranched alkanes of at least 4 members (excludes halogenated alkanes) is 1. The second-order valence-electron chi connectivity index (χ2n) is 2.24. The molecule has 0 aromatic carbocycles. The standard InChI is InChI=1S/C4H12O5P2.CH5N/c5-10(6)3-1-2-4-11(7,8)9;1-2/h10H,1-4H2,(H,5,6)(H2,7,8,9);2H2,1H3. The van der Waals surface area contributed by atoms with Gasteiger partial charge in [-0.15, -0.1) is 0 Å². The highest BCUT2D eigenvalue weighted by molar-refractivity contribution is 7.51. The van der Waals surface area contributed by atoms with Crippen LogP contribution in [0.15, 0.2) is 0 Å². The number of nitrogens with two attached hydrogens (primary N) is 1. The van der Waals surface area contributed by atoms with Crippen molar-refractivity contribution in [2.45, 2.75) is 12.8 Å². The molecule has 6 nitrogen and oxygen atoms in total. The number of hydrogen-bond donors (Lipinski definition) is 4. The third-order valence-electron chi connectivity index (χ3n) is 1.09. The Kier molecular flexibility index (Phi) is 10.8. The molecule has 0 heterocycles. The zero-order valence-electron chi connectivity index (χ0n) is 7.51. The highest BCUT2D eigenvalue weighted by Crippen LogP contribution is 2.35. The Morgan fingerprint density at radius 2 is 1.77 bits per heavy atom. The molecule has 0 radical (unpaired) electrons. The summed E-state index contributed by atoms with van der Waals surface area (Å²) in [5, 5.41) is 0. The summed E-state index contributed by atoms with van der Waals surface area (Å²) >= 11 is 0. The van der Waals surface area contributed by atoms with Gasteiger partial charge in [-0.05, 0) is 19.9 Å². The first-order chi connectivity index (χ1) is 5.92. The van der Waals surface area contributed by atoms with Gasteiger partial charge in [0.15, 0.2) is 8.03 Å². The van der Waals surface area contributed by atoms with E-state index < -0.39 is 15.6 Å². The first kappa shape index (κ1) is 15.8. The van der Waals surface area contributed by atoms with Crippen molar-refractivity contribution in [1.29, 1.82) is 0 Å². The van der Waals surface area contributed by atoms with E-state index in [-0.39, 0.29) is 12.3 Å². The quantitative estimate of drug-likeness (QED) is 0.391. The van der Waals surface area contributed by atoms with Crippen LogP contribution in [0.5, 0.6) is 0 Å². The van der Waals surface area contributed by atoms with Crippen molar-refractivity contribution in [2.75, 3.05) is 19.4 Å². The molecule has 0 aliphatic carbocycles. The monoisotopic (exact) mass is 233 g/mol. The van der Waals surface area contributed by atoms with E-state index in [0.29, 0.717) is 12.8 Å². The van der Waals surface area contributed by atoms with Gasteiger partial charge in [-0.2, -0.15) is 0 Å². The third-order valence-corrected chi connectivity index (χ3v) is 2.77. The molecule has 0 aliphatic heterocycles. The third kappa shape index (κ3) is 18.9. The fourth-order valence-corrected chi connectivity index (χ4v) is 1.78. The van der Waals surface area contributed by atoms with Crippen LogP contribution in [0.1, 0.15) is 12.8 Å². The lowest BCUT2D eigenvalue weighted by molar-refractivity contribution is 0.371. The van der Waals surface area contributed by atoms with Gasteiger partial charge in [-0.1, -0.05) is 0 Å². The molecule has 8 heteroatoms. The normalized spacial score (nSPS) is 13.0. The molecule has 1 atom stereocenters. The number of rotatable bonds is 5. The predicted octanol–water partition coefficient (Wildman–Crippen LogP) is -0.0138. The Labute approximate surface area is 78.2 Å². The minimum atomic E-state index is -3.90. The molecule has 0 fully saturated rings. The van der Waals surface area contributed by atoms with Gasteiger partial charge in [0, 0.05) is 12.3 Å². The maximum atomic E-state index is 10.2. The fourth-order valence-electron chi connectivity index (χ4n) is 0.594. The van der Waals surface area contributed by atoms with E-state index in [1.807, 2.05) is 0 Å². The van der Waals surface area contributed by atoms with Gasteiger partial charge in [-0.25, -0.2) is 0 Å². The van der Waals surface area contributed by atoms with Gasteiger partial charge in [-0.3, -0.25) is 9.13 Å². The summed E-state index contributed by atoms with van der Waals surface area (Å²) in [6.45, 7) is 0. The van der Waals surface area contributed by atoms with Crippen molar-refractivity contribution in [3.8, 4) is 0 Å². The van der Waals surface area contributed by atoms with E-state index in [1.165, 1.54) is 7.05 Å². The molecule has 0 amide bonds. The van der Waals surface area contributed by atoms with Crippen LogP contribution >= 0.6 is 15.6 Å². The molecule has 0 saturated heterocycles. The molecule has 0 aliphatic rings. The lowest BCUT2D eigenvalue weighted by Gasteiger charge is -2.01. The van der Waals surface area contributed by atoms with Crippen molar-refractivity contribution in [2.24, 2.45) is 5.73 Å². The van der Waals surface area contributed by atoms with Crippen LogP contribution in [-0.2, 0) is 9.13 Å². The topological polar surface area (TPSA) is 121 Å². The maximum Gasteiger partial charge on any atom is 0.325 e. The van der Waals surface area contributed by atoms with Crippen molar-refractivity contribution in [1.82, 2.24) is 0 Å². The van der Waals surface area contributed by atoms with E-state index in [0.717, 1.165) is 0 Å². The Bertz CT molecular complexity index is 180. The molecule has 0 spiro atoms. The van der Waals surface area contributed by atoms with Gasteiger partial charge in [0.2, 0.25) is 0 Å². The molecule has 5 N–H and O–H groups in total. The summed E-state index contributed by atoms with van der Waals surface area (Å²) in [5.74, 6) is 0. The number of hydrogen-bond acceptors (Lipinski definition) is 3. The Morgan fingerprint density at radius 1 is 1.31 bits per heavy atom. The van der Waals surface area contributed by atoms with Crippen LogP contribution in [0.3, 0.4) is 0 Å². The second-order valence-corrected chi connectivity index (χ2v) is 5.30. The lowest BCUT2D eigenvalue weighted by atomic mass is 10.4. The SMILES string of the molecule is CN.O=[PH](O)CCCCP(=O)(O)O. The van der Waals surface area contributed by atoms with Crippen LogP contribution in [0, 0.1) is 0 Å². The molecule has 1 unspecified atom stereocenters. The van der Waals surface area contributed by atoms with E-state index >= 15 is 0 Å². The molecule has 0 aromatic rings. The summed E-state index contributed by atoms with van der Waals surface area (Å²) in [6, 6.07) is 0. The Hall–Kier alpha value is 0.300. The molecule has 0 rings (SSSR count). The van der Waals surface area contributed by atoms with Gasteiger partial charge < -0.3 is 20.4 Å². The molecular formula is C5H17NO5P2. The summed E-state index contributed by atoms with van der Waals surface area (Å²) in [7, 11) is -4.85. The van der Waals surface area contributed by atoms with Crippen molar-refractivity contribution in [3.05, 3.63) is 0 Å². The average molecular weight is 233 g/mol. The first-order valence-electron chi connectivity index (χ1n) is 3.76. The zero-order valence-corrected chi connectivity index (χ0v) is 9.41. The summed E-state index contributed by atoms with van der Waals surface area (Å²) in [5.41, 5.74) is 4.50. The zero-order chi connectivity index (χ0) is 10.9. The highest BCUT2D eigenvalue weighted by Gasteiger charge is 2.11. The van der Waals surface area contributed by atoms with E-state index in [4.69, 9.17) is 14.7 Å². The maximum absolute atomic E-state index is 10.2. The molecule has 0 bridgehead atoms. The van der Waals surface area contributed by atoms with Gasteiger partial charge >= 0.3 is 7.60 Å². The van der Waals surface area contributed by atoms with Crippen molar-refractivity contribution >= 4 is 15.6 Å². The summed E-state index contributed by atoms with van der Waals surface area (Å²) in [4.78, 5) is 25.1. The van der Waals surface area contributed by atoms with Crippen LogP contribution in [0.25, 0.3) is 0 Å². The molecule has 0 saturated carbocycles. The van der Waals surface area contributed by atoms with Crippen LogP contribution in [-0.4, -0.2) is 34.1 Å². The second kappa shape index (κ2) is 8.88. The summed E-state index contributed by atoms with van der Waals surface area (Å²) in [6.07, 6.45) is 0.674. The van der Waals surface area contributed by atoms with Crippen molar-refractivity contribution < 1.29 is 23.8 Å². The van der Waals surface area contributed by atoms with Gasteiger partial charge in [0.25, 0.3) is 0 Å². The van der Waals surface area contributed by atoms with Crippen molar-refractivity contribution in [3.63, 3.8) is 0 Å². The van der Waals surface area contributed by atoms with Gasteiger partial charge in [0.05, 0.1) is 0 Å². The van der Waals surface area contributed by atoms with Gasteiger partial charge in [0.1, 0.15) is 0 Å². The molecule has 0 aromatic heterocycles. The average Bonchev–Trinajstić information content (AvgIpc) is 2.00. The summed E-state index contributed by atoms with van der Waals surface area (Å²) < 4.78 is 20.4. The van der Waals surface area contributed by atoms with E-state index in [2.05, 4.69) is 5.73 Å². The van der Waals surface area contributed by atoms with Crippen LogP contribution in [0.4, 0.5) is 0 Å². The Balaban J connectivity index is 0. The predicted molar refractivity (Wildman–Crippen MR) is 52.3 cm³/mol. The minimum Gasteiger partial charge on any atom is -0.346 e. The minimum absolute atomic E-state index is 0.157. The highest BCUT2D eigenvalue weighted by atomic mass is 31.2. The largest absolute Gasteiger partial charge is 0.346 e. The molecular weight excluding hydrogens is 216 g/mol. The fraction of sp³-hybridized carbons (Fsp3) is 1.00. The smallest absolute Gasteiger partial charge is 0.325 e. The van der Waals surface area contributed by atoms with E-state index in [9.17, 15) is 9.13 Å². The molecule has 82 valence electrons. The Morgan fingerprint density at radius 3 is 2.08 bits per heavy atom. The first-order valence-corrected chi connectivity index (χ1v) is 7.12. The molecule has 13 heavy (non-hydrogen) atoms. The van der Waals surface area contributed by atoms with Crippen LogP contribution < -0.4 is 5.73 Å². The van der Waals surface area contributed by atoms with Crippen LogP contribution in [0.2, 0.25) is 0 Å².